The van der Waals surface area contributed by atoms with E-state index in [1.165, 1.54) is 0 Å². The lowest BCUT2D eigenvalue weighted by molar-refractivity contribution is 1.08. The highest BCUT2D eigenvalue weighted by Crippen LogP contribution is 1.90. The molecule has 0 nitrogen and oxygen atoms in total. The highest BCUT2D eigenvalue weighted by molar-refractivity contribution is 7.56. The predicted octanol–water partition coefficient (Wildman–Crippen LogP) is -0.540. The molecule has 0 N–H and O–H groups in total. The summed E-state index contributed by atoms with van der Waals surface area (Å²) in [5.74, 6) is 0. The van der Waals surface area contributed by atoms with Gasteiger partial charge in [-0.25, -0.2) is 0 Å². The summed E-state index contributed by atoms with van der Waals surface area (Å²) in [6.45, 7) is 2.42. The first-order valence-electron chi connectivity index (χ1n) is 2.95. The van der Waals surface area contributed by atoms with Crippen molar-refractivity contribution in [3.63, 3.8) is 0 Å². The summed E-state index contributed by atoms with van der Waals surface area (Å²) in [6.07, 6.45) is 2.19. The largest absolute Gasteiger partial charge is 0.0905 e. The zero-order chi connectivity index (χ0) is 6.41. The first-order valence-corrected chi connectivity index (χ1v) is 2.95. The highest BCUT2D eigenvalue weighted by Gasteiger charge is 2.03. The van der Waals surface area contributed by atoms with E-state index < -0.39 is 0 Å². The molecule has 0 atom stereocenters. The maximum absolute atomic E-state index is 5.23. The Kier molecular flexibility index (Phi) is 5.68. The van der Waals surface area contributed by atoms with E-state index in [0.717, 1.165) is 12.7 Å². The van der Waals surface area contributed by atoms with E-state index in [4.69, 9.17) is 15.5 Å². The van der Waals surface area contributed by atoms with Gasteiger partial charge in [0.2, 0.25) is 0 Å². The van der Waals surface area contributed by atoms with Crippen LogP contribution in [0.4, 0.5) is 0 Å². The minimum atomic E-state index is 0.306. The van der Waals surface area contributed by atoms with Gasteiger partial charge in [0.05, 0.1) is 0 Å². The average molecular weight is 97.1 g/mol. The van der Waals surface area contributed by atoms with Crippen LogP contribution in [0.15, 0.2) is 0 Å². The first kappa shape index (κ1) is 8.32. The van der Waals surface area contributed by atoms with Crippen LogP contribution < -0.4 is 0 Å². The SMILES string of the molecule is [B][B]B([B][B])CCC. The smallest absolute Gasteiger partial charge is 0.0452 e. The Morgan fingerprint density at radius 3 is 2.00 bits per heavy atom. The summed E-state index contributed by atoms with van der Waals surface area (Å²) < 4.78 is 0. The second-order valence-electron chi connectivity index (χ2n) is 1.84. The molecule has 0 aliphatic rings. The standard InChI is InChI=1S/C3H7B5/c1-2-3-8(6-4)7-5/h2-3H2,1H3. The van der Waals surface area contributed by atoms with E-state index in [-0.39, 0.29) is 0 Å². The Morgan fingerprint density at radius 2 is 1.88 bits per heavy atom. The molecule has 0 unspecified atom stereocenters. The fourth-order valence-corrected chi connectivity index (χ4v) is 0.590. The number of hydrogen-bond acceptors (Lipinski definition) is 0. The van der Waals surface area contributed by atoms with Crippen LogP contribution in [0.5, 0.6) is 0 Å². The minimum Gasteiger partial charge on any atom is -0.0905 e. The third-order valence-corrected chi connectivity index (χ3v) is 1.12. The third kappa shape index (κ3) is 3.34. The summed E-state index contributed by atoms with van der Waals surface area (Å²) in [6, 6.07) is 0. The zero-order valence-corrected chi connectivity index (χ0v) is 5.30. The van der Waals surface area contributed by atoms with Gasteiger partial charge in [-0.2, -0.15) is 0 Å². The van der Waals surface area contributed by atoms with Gasteiger partial charge in [-0.15, -0.1) is 0 Å². The summed E-state index contributed by atoms with van der Waals surface area (Å²) >= 11 is 0. The molecule has 0 saturated carbocycles. The van der Waals surface area contributed by atoms with E-state index in [2.05, 4.69) is 6.92 Å². The molecule has 0 aromatic heterocycles. The molecule has 5 heteroatoms. The van der Waals surface area contributed by atoms with Gasteiger partial charge >= 0.3 is 0 Å². The van der Waals surface area contributed by atoms with Crippen LogP contribution in [0.2, 0.25) is 6.32 Å². The topological polar surface area (TPSA) is 0 Å². The molecule has 0 heterocycles. The van der Waals surface area contributed by atoms with Crippen molar-refractivity contribution in [2.75, 3.05) is 0 Å². The summed E-state index contributed by atoms with van der Waals surface area (Å²) in [4.78, 5) is 0. The number of rotatable bonds is 4. The van der Waals surface area contributed by atoms with Crippen molar-refractivity contribution in [1.82, 2.24) is 0 Å². The van der Waals surface area contributed by atoms with Crippen LogP contribution >= 0.6 is 0 Å². The third-order valence-electron chi connectivity index (χ3n) is 1.12. The van der Waals surface area contributed by atoms with Gasteiger partial charge in [0.15, 0.2) is 0 Å². The molecular formula is C3H7B5. The molecular weight excluding hydrogens is 90.1 g/mol. The van der Waals surface area contributed by atoms with E-state index in [9.17, 15) is 0 Å². The second kappa shape index (κ2) is 5.46. The van der Waals surface area contributed by atoms with Crippen LogP contribution in [0.1, 0.15) is 13.3 Å². The van der Waals surface area contributed by atoms with Gasteiger partial charge in [0.1, 0.15) is 0 Å². The van der Waals surface area contributed by atoms with Gasteiger partial charge in [0, 0.05) is 36.1 Å². The lowest BCUT2D eigenvalue weighted by atomic mass is 8.94. The molecule has 0 saturated heterocycles. The van der Waals surface area contributed by atoms with Crippen molar-refractivity contribution in [2.45, 2.75) is 19.7 Å². The monoisotopic (exact) mass is 98.1 g/mol. The highest BCUT2D eigenvalue weighted by atomic mass is 13.6. The van der Waals surface area contributed by atoms with Crippen molar-refractivity contribution in [1.29, 1.82) is 0 Å². The normalized spacial score (nSPS) is 8.12. The van der Waals surface area contributed by atoms with E-state index >= 15 is 0 Å². The van der Waals surface area contributed by atoms with Crippen LogP contribution in [-0.2, 0) is 0 Å². The molecule has 0 amide bonds. The molecule has 0 aromatic rings. The maximum atomic E-state index is 5.23. The Balaban J connectivity index is 3.07. The van der Waals surface area contributed by atoms with Crippen molar-refractivity contribution in [3.8, 4) is 0 Å². The molecule has 0 fully saturated rings. The zero-order valence-electron chi connectivity index (χ0n) is 5.30. The Morgan fingerprint density at radius 1 is 1.38 bits per heavy atom. The Bertz CT molecular complexity index is 42.9. The molecule has 6 radical (unpaired) electrons. The predicted molar refractivity (Wildman–Crippen MR) is 43.9 cm³/mol. The summed E-state index contributed by atoms with van der Waals surface area (Å²) in [7, 11) is 13.7. The molecule has 0 spiro atoms. The van der Waals surface area contributed by atoms with Crippen LogP contribution in [0.25, 0.3) is 0 Å². The lowest BCUT2D eigenvalue weighted by Gasteiger charge is -2.03. The molecule has 0 bridgehead atoms. The molecule has 0 aromatic carbocycles. The molecule has 0 rings (SSSR count). The number of hydrogen-bond donors (Lipinski definition) is 0. The first-order chi connectivity index (χ1) is 3.85. The van der Waals surface area contributed by atoms with E-state index in [0.29, 0.717) is 6.49 Å². The molecule has 34 valence electrons. The van der Waals surface area contributed by atoms with Crippen LogP contribution in [0, 0.1) is 0 Å². The van der Waals surface area contributed by atoms with Gasteiger partial charge in [-0.1, -0.05) is 19.7 Å². The van der Waals surface area contributed by atoms with Crippen molar-refractivity contribution >= 4 is 36.1 Å². The lowest BCUT2D eigenvalue weighted by Crippen LogP contribution is -2.30. The van der Waals surface area contributed by atoms with E-state index in [1.54, 1.807) is 14.1 Å². The van der Waals surface area contributed by atoms with Crippen molar-refractivity contribution < 1.29 is 0 Å². The molecule has 0 aliphatic heterocycles. The van der Waals surface area contributed by atoms with Crippen molar-refractivity contribution in [3.05, 3.63) is 0 Å². The average Bonchev–Trinajstić information content (AvgIpc) is 1.83. The van der Waals surface area contributed by atoms with Crippen LogP contribution in [-0.4, -0.2) is 36.1 Å². The molecule has 8 heavy (non-hydrogen) atoms. The van der Waals surface area contributed by atoms with Gasteiger partial charge in [0.25, 0.3) is 0 Å². The van der Waals surface area contributed by atoms with Gasteiger partial charge < -0.3 is 0 Å². The van der Waals surface area contributed by atoms with E-state index in [1.807, 2.05) is 0 Å². The fourth-order valence-electron chi connectivity index (χ4n) is 0.590. The van der Waals surface area contributed by atoms with Crippen LogP contribution in [0.3, 0.4) is 0 Å². The van der Waals surface area contributed by atoms with Gasteiger partial charge in [-0.05, 0) is 0 Å². The quantitative estimate of drug-likeness (QED) is 0.413. The second-order valence-corrected chi connectivity index (χ2v) is 1.84. The minimum absolute atomic E-state index is 0.306. The fraction of sp³-hybridized carbons (Fsp3) is 1.00. The summed E-state index contributed by atoms with van der Waals surface area (Å²) in [5.41, 5.74) is 0. The van der Waals surface area contributed by atoms with Gasteiger partial charge in [-0.3, -0.25) is 0 Å². The Hall–Kier alpha value is 0.325. The Labute approximate surface area is 56.5 Å². The van der Waals surface area contributed by atoms with Crippen molar-refractivity contribution in [2.24, 2.45) is 0 Å². The molecule has 0 aliphatic carbocycles. The maximum Gasteiger partial charge on any atom is 0.0452 e. The summed E-state index contributed by atoms with van der Waals surface area (Å²) in [5, 5.41) is 0.